The number of piperidine rings is 1. The molecule has 1 saturated heterocycles. The maximum atomic E-state index is 13.8. The first-order chi connectivity index (χ1) is 17.2. The van der Waals surface area contributed by atoms with Crippen LogP contribution in [0.3, 0.4) is 0 Å². The molecule has 1 aliphatic heterocycles. The van der Waals surface area contributed by atoms with E-state index < -0.39 is 10.0 Å². The van der Waals surface area contributed by atoms with Crippen LogP contribution in [-0.2, 0) is 21.4 Å². The van der Waals surface area contributed by atoms with Crippen LogP contribution in [0, 0.1) is 12.8 Å². The molecule has 0 unspecified atom stereocenters. The molecule has 36 heavy (non-hydrogen) atoms. The highest BCUT2D eigenvalue weighted by atomic mass is 35.5. The first-order valence-corrected chi connectivity index (χ1v) is 15.1. The zero-order valence-corrected chi connectivity index (χ0v) is 23.2. The lowest BCUT2D eigenvalue weighted by atomic mass is 9.96. The van der Waals surface area contributed by atoms with E-state index in [9.17, 15) is 13.2 Å². The van der Waals surface area contributed by atoms with E-state index in [1.165, 1.54) is 21.7 Å². The summed E-state index contributed by atoms with van der Waals surface area (Å²) >= 11 is 14.7. The Morgan fingerprint density at radius 1 is 1.08 bits per heavy atom. The molecule has 4 heterocycles. The SMILES string of the molecule is Cc1c(Cl)ccc2sc(N(Cc3ccncc3)C(=O)C3CCN(S(=O)(=O)c4ccc(Cl)s4)CC3)nc12. The predicted octanol–water partition coefficient (Wildman–Crippen LogP) is 6.00. The second-order valence-electron chi connectivity index (χ2n) is 8.53. The number of thiazole rings is 1. The van der Waals surface area contributed by atoms with Crippen molar-refractivity contribution in [3.05, 3.63) is 69.3 Å². The van der Waals surface area contributed by atoms with Crippen molar-refractivity contribution in [3.63, 3.8) is 0 Å². The number of nitrogens with zero attached hydrogens (tertiary/aromatic N) is 4. The minimum absolute atomic E-state index is 0.0640. The predicted molar refractivity (Wildman–Crippen MR) is 146 cm³/mol. The number of anilines is 1. The number of benzene rings is 1. The Kier molecular flexibility index (Phi) is 7.35. The van der Waals surface area contributed by atoms with E-state index in [0.717, 1.165) is 32.7 Å². The number of aryl methyl sites for hydroxylation is 1. The highest BCUT2D eigenvalue weighted by Crippen LogP contribution is 2.36. The molecule has 1 fully saturated rings. The summed E-state index contributed by atoms with van der Waals surface area (Å²) in [5, 5.41) is 1.23. The molecule has 3 aromatic heterocycles. The monoisotopic (exact) mass is 580 g/mol. The van der Waals surface area contributed by atoms with Crippen LogP contribution in [0.15, 0.2) is 53.0 Å². The van der Waals surface area contributed by atoms with Gasteiger partial charge in [-0.2, -0.15) is 4.31 Å². The number of rotatable bonds is 6. The Labute approximate surface area is 227 Å². The summed E-state index contributed by atoms with van der Waals surface area (Å²) in [4.78, 5) is 24.4. The molecular weight excluding hydrogens is 559 g/mol. The smallest absolute Gasteiger partial charge is 0.252 e. The maximum Gasteiger partial charge on any atom is 0.252 e. The van der Waals surface area contributed by atoms with Gasteiger partial charge in [-0.05, 0) is 67.3 Å². The minimum atomic E-state index is -3.62. The minimum Gasteiger partial charge on any atom is -0.283 e. The molecule has 0 bridgehead atoms. The third-order valence-corrected chi connectivity index (χ3v) is 11.3. The van der Waals surface area contributed by atoms with E-state index in [1.807, 2.05) is 31.2 Å². The number of thiophene rings is 1. The van der Waals surface area contributed by atoms with Gasteiger partial charge in [0.25, 0.3) is 10.0 Å². The number of fused-ring (bicyclic) bond motifs is 1. The van der Waals surface area contributed by atoms with E-state index in [2.05, 4.69) is 4.98 Å². The first kappa shape index (κ1) is 25.6. The van der Waals surface area contributed by atoms with Gasteiger partial charge in [-0.1, -0.05) is 34.5 Å². The fourth-order valence-corrected chi connectivity index (χ4v) is 8.53. The topological polar surface area (TPSA) is 83.5 Å². The average molecular weight is 582 g/mol. The second-order valence-corrected chi connectivity index (χ2v) is 13.8. The molecule has 12 heteroatoms. The number of sulfonamides is 1. The van der Waals surface area contributed by atoms with E-state index in [0.29, 0.717) is 33.9 Å². The van der Waals surface area contributed by atoms with Gasteiger partial charge in [-0.15, -0.1) is 11.3 Å². The highest BCUT2D eigenvalue weighted by Gasteiger charge is 2.35. The number of pyridine rings is 1. The summed E-state index contributed by atoms with van der Waals surface area (Å²) in [5.41, 5.74) is 2.59. The third-order valence-electron chi connectivity index (χ3n) is 6.27. The second kappa shape index (κ2) is 10.4. The van der Waals surface area contributed by atoms with Gasteiger partial charge < -0.3 is 0 Å². The van der Waals surface area contributed by atoms with Gasteiger partial charge in [0.05, 0.1) is 21.1 Å². The van der Waals surface area contributed by atoms with E-state index in [4.69, 9.17) is 28.2 Å². The van der Waals surface area contributed by atoms with Crippen molar-refractivity contribution in [2.24, 2.45) is 5.92 Å². The first-order valence-electron chi connectivity index (χ1n) is 11.3. The Bertz CT molecular complexity index is 1510. The largest absolute Gasteiger partial charge is 0.283 e. The van der Waals surface area contributed by atoms with Crippen LogP contribution < -0.4 is 4.90 Å². The number of aromatic nitrogens is 2. The normalized spacial score (nSPS) is 15.4. The van der Waals surface area contributed by atoms with Gasteiger partial charge in [0.2, 0.25) is 5.91 Å². The van der Waals surface area contributed by atoms with Crippen molar-refractivity contribution in [1.29, 1.82) is 0 Å². The van der Waals surface area contributed by atoms with Gasteiger partial charge in [0.1, 0.15) is 4.21 Å². The Morgan fingerprint density at radius 3 is 2.47 bits per heavy atom. The molecule has 5 rings (SSSR count). The van der Waals surface area contributed by atoms with Crippen LogP contribution in [0.2, 0.25) is 9.36 Å². The lowest BCUT2D eigenvalue weighted by Crippen LogP contribution is -2.44. The molecular formula is C24H22Cl2N4O3S3. The van der Waals surface area contributed by atoms with E-state index in [1.54, 1.807) is 23.4 Å². The molecule has 1 aromatic carbocycles. The van der Waals surface area contributed by atoms with Crippen LogP contribution in [0.5, 0.6) is 0 Å². The number of hydrogen-bond donors (Lipinski definition) is 0. The molecule has 1 aliphatic rings. The van der Waals surface area contributed by atoms with Crippen molar-refractivity contribution in [2.45, 2.75) is 30.5 Å². The molecule has 0 spiro atoms. The Hall–Kier alpha value is -2.08. The molecule has 0 atom stereocenters. The molecule has 4 aromatic rings. The molecule has 0 saturated carbocycles. The van der Waals surface area contributed by atoms with Crippen LogP contribution in [0.25, 0.3) is 10.2 Å². The van der Waals surface area contributed by atoms with Gasteiger partial charge in [-0.25, -0.2) is 13.4 Å². The van der Waals surface area contributed by atoms with Crippen LogP contribution in [0.1, 0.15) is 24.0 Å². The fraction of sp³-hybridized carbons (Fsp3) is 0.292. The Morgan fingerprint density at radius 2 is 1.81 bits per heavy atom. The lowest BCUT2D eigenvalue weighted by Gasteiger charge is -2.32. The lowest BCUT2D eigenvalue weighted by molar-refractivity contribution is -0.123. The number of amides is 1. The molecule has 0 aliphatic carbocycles. The zero-order chi connectivity index (χ0) is 25.4. The van der Waals surface area contributed by atoms with Gasteiger partial charge >= 0.3 is 0 Å². The zero-order valence-electron chi connectivity index (χ0n) is 19.2. The van der Waals surface area contributed by atoms with Crippen molar-refractivity contribution >= 4 is 77.2 Å². The van der Waals surface area contributed by atoms with Crippen molar-refractivity contribution in [1.82, 2.24) is 14.3 Å². The summed E-state index contributed by atoms with van der Waals surface area (Å²) < 4.78 is 29.0. The molecule has 7 nitrogen and oxygen atoms in total. The number of carbonyl (C=O) groups excluding carboxylic acids is 1. The summed E-state index contributed by atoms with van der Waals surface area (Å²) in [6.07, 6.45) is 4.25. The summed E-state index contributed by atoms with van der Waals surface area (Å²) in [6.45, 7) is 2.80. The molecule has 188 valence electrons. The van der Waals surface area contributed by atoms with E-state index >= 15 is 0 Å². The fourth-order valence-electron chi connectivity index (χ4n) is 4.24. The van der Waals surface area contributed by atoms with Gasteiger partial charge in [-0.3, -0.25) is 14.7 Å². The number of hydrogen-bond acceptors (Lipinski definition) is 7. The van der Waals surface area contributed by atoms with Crippen molar-refractivity contribution < 1.29 is 13.2 Å². The maximum absolute atomic E-state index is 13.8. The highest BCUT2D eigenvalue weighted by molar-refractivity contribution is 7.91. The van der Waals surface area contributed by atoms with Gasteiger partial charge in [0, 0.05) is 36.4 Å². The molecule has 0 radical (unpaired) electrons. The van der Waals surface area contributed by atoms with Crippen LogP contribution in [-0.4, -0.2) is 41.7 Å². The average Bonchev–Trinajstić information content (AvgIpc) is 3.52. The Balaban J connectivity index is 1.40. The van der Waals surface area contributed by atoms with Crippen LogP contribution in [0.4, 0.5) is 5.13 Å². The quantitative estimate of drug-likeness (QED) is 0.279. The van der Waals surface area contributed by atoms with Crippen molar-refractivity contribution in [3.8, 4) is 0 Å². The third kappa shape index (κ3) is 5.03. The van der Waals surface area contributed by atoms with Gasteiger partial charge in [0.15, 0.2) is 5.13 Å². The number of carbonyl (C=O) groups is 1. The number of halogens is 2. The van der Waals surface area contributed by atoms with Crippen LogP contribution >= 0.6 is 45.9 Å². The molecule has 0 N–H and O–H groups in total. The van der Waals surface area contributed by atoms with Crippen molar-refractivity contribution in [2.75, 3.05) is 18.0 Å². The summed E-state index contributed by atoms with van der Waals surface area (Å²) in [6, 6.07) is 10.6. The molecule has 1 amide bonds. The standard InChI is InChI=1S/C24H22Cl2N4O3S3/c1-15-18(25)2-3-19-22(15)28-24(34-19)30(14-16-6-10-27-11-7-16)23(31)17-8-12-29(13-9-17)36(32,33)21-5-4-20(26)35-21/h2-7,10-11,17H,8-9,12-14H2,1H3. The summed E-state index contributed by atoms with van der Waals surface area (Å²) in [5.74, 6) is -0.382. The van der Waals surface area contributed by atoms with E-state index in [-0.39, 0.29) is 29.1 Å². The summed E-state index contributed by atoms with van der Waals surface area (Å²) in [7, 11) is -3.62.